The standard InChI is InChI=1S/C22H25ClN4O/c1-22(9-10-22)16-6-4-5-15(12-16)19-25-20(27(2)21(26-19)28-3)17-11-14(13-24)7-8-18(17)23/h4-8,11-12,21H,9-10,13,24H2,1-3H3. The van der Waals surface area contributed by atoms with Crippen LogP contribution in [0.2, 0.25) is 5.02 Å². The van der Waals surface area contributed by atoms with Crippen LogP contribution in [0.25, 0.3) is 0 Å². The lowest BCUT2D eigenvalue weighted by Gasteiger charge is -2.31. The van der Waals surface area contributed by atoms with E-state index < -0.39 is 6.35 Å². The van der Waals surface area contributed by atoms with Crippen LogP contribution in [0.5, 0.6) is 0 Å². The molecule has 1 atom stereocenters. The summed E-state index contributed by atoms with van der Waals surface area (Å²) >= 11 is 6.50. The summed E-state index contributed by atoms with van der Waals surface area (Å²) in [7, 11) is 3.55. The topological polar surface area (TPSA) is 63.2 Å². The molecule has 0 bridgehead atoms. The molecule has 1 heterocycles. The summed E-state index contributed by atoms with van der Waals surface area (Å²) in [5, 5.41) is 0.623. The molecule has 1 aliphatic heterocycles. The number of hydrogen-bond donors (Lipinski definition) is 1. The summed E-state index contributed by atoms with van der Waals surface area (Å²) in [6, 6.07) is 14.3. The number of hydrogen-bond acceptors (Lipinski definition) is 5. The molecule has 0 saturated heterocycles. The van der Waals surface area contributed by atoms with Gasteiger partial charge in [0.05, 0.1) is 5.02 Å². The number of nitrogens with zero attached hydrogens (tertiary/aromatic N) is 3. The van der Waals surface area contributed by atoms with E-state index in [2.05, 4.69) is 25.1 Å². The SMILES string of the molecule is COC1N=C(c2cccc(C3(C)CC3)c2)N=C(c2cc(CN)ccc2Cl)N1C. The van der Waals surface area contributed by atoms with Gasteiger partial charge in [-0.05, 0) is 47.6 Å². The average Bonchev–Trinajstić information content (AvgIpc) is 3.47. The fourth-order valence-corrected chi connectivity index (χ4v) is 3.69. The van der Waals surface area contributed by atoms with E-state index in [0.29, 0.717) is 17.4 Å². The Morgan fingerprint density at radius 3 is 2.71 bits per heavy atom. The highest BCUT2D eigenvalue weighted by atomic mass is 35.5. The van der Waals surface area contributed by atoms with E-state index in [1.54, 1.807) is 7.11 Å². The van der Waals surface area contributed by atoms with Crippen LogP contribution in [0.4, 0.5) is 0 Å². The number of aliphatic imine (C=N–C) groups is 2. The fourth-order valence-electron chi connectivity index (χ4n) is 3.48. The third-order valence-electron chi connectivity index (χ3n) is 5.65. The Morgan fingerprint density at radius 1 is 1.25 bits per heavy atom. The average molecular weight is 397 g/mol. The number of rotatable bonds is 5. The Balaban J connectivity index is 1.80. The van der Waals surface area contributed by atoms with E-state index in [1.165, 1.54) is 18.4 Å². The fraction of sp³-hybridized carbons (Fsp3) is 0.364. The number of halogens is 1. The molecule has 0 aromatic heterocycles. The summed E-state index contributed by atoms with van der Waals surface area (Å²) in [5.41, 5.74) is 10.3. The normalized spacial score (nSPS) is 20.6. The summed E-state index contributed by atoms with van der Waals surface area (Å²) in [4.78, 5) is 11.5. The van der Waals surface area contributed by atoms with Crippen molar-refractivity contribution in [2.24, 2.45) is 15.7 Å². The molecule has 1 unspecified atom stereocenters. The molecule has 2 aromatic carbocycles. The van der Waals surface area contributed by atoms with Crippen molar-refractivity contribution in [3.63, 3.8) is 0 Å². The highest BCUT2D eigenvalue weighted by Gasteiger charge is 2.39. The Hall–Kier alpha value is -2.21. The van der Waals surface area contributed by atoms with E-state index in [1.807, 2.05) is 36.2 Å². The van der Waals surface area contributed by atoms with Crippen molar-refractivity contribution in [3.05, 3.63) is 69.7 Å². The predicted molar refractivity (Wildman–Crippen MR) is 114 cm³/mol. The summed E-state index contributed by atoms with van der Waals surface area (Å²) in [6.07, 6.45) is 1.98. The smallest absolute Gasteiger partial charge is 0.230 e. The van der Waals surface area contributed by atoms with Crippen LogP contribution in [0.3, 0.4) is 0 Å². The van der Waals surface area contributed by atoms with Gasteiger partial charge in [-0.25, -0.2) is 9.98 Å². The highest BCUT2D eigenvalue weighted by molar-refractivity contribution is 6.34. The van der Waals surface area contributed by atoms with Gasteiger partial charge in [-0.3, -0.25) is 0 Å². The second kappa shape index (κ2) is 7.32. The van der Waals surface area contributed by atoms with Gasteiger partial charge in [0.2, 0.25) is 6.35 Å². The van der Waals surface area contributed by atoms with Crippen LogP contribution < -0.4 is 5.73 Å². The van der Waals surface area contributed by atoms with Gasteiger partial charge in [0.25, 0.3) is 0 Å². The summed E-state index contributed by atoms with van der Waals surface area (Å²) in [5.74, 6) is 1.38. The van der Waals surface area contributed by atoms with Gasteiger partial charge in [-0.15, -0.1) is 0 Å². The molecule has 1 saturated carbocycles. The molecular formula is C22H25ClN4O. The minimum atomic E-state index is -0.472. The molecule has 2 aromatic rings. The zero-order valence-electron chi connectivity index (χ0n) is 16.4. The Labute approximate surface area is 170 Å². The third-order valence-corrected chi connectivity index (χ3v) is 5.98. The molecule has 1 aliphatic carbocycles. The van der Waals surface area contributed by atoms with Gasteiger partial charge in [0.15, 0.2) is 5.84 Å². The molecule has 0 radical (unpaired) electrons. The van der Waals surface area contributed by atoms with Crippen LogP contribution in [0, 0.1) is 0 Å². The monoisotopic (exact) mass is 396 g/mol. The molecule has 1 fully saturated rings. The molecule has 4 rings (SSSR count). The molecule has 0 spiro atoms. The van der Waals surface area contributed by atoms with Crippen LogP contribution in [0.1, 0.15) is 42.0 Å². The molecular weight excluding hydrogens is 372 g/mol. The van der Waals surface area contributed by atoms with Crippen LogP contribution in [-0.4, -0.2) is 37.1 Å². The molecule has 2 N–H and O–H groups in total. The van der Waals surface area contributed by atoms with Crippen molar-refractivity contribution in [2.75, 3.05) is 14.2 Å². The first-order chi connectivity index (χ1) is 13.4. The predicted octanol–water partition coefficient (Wildman–Crippen LogP) is 3.92. The van der Waals surface area contributed by atoms with Gasteiger partial charge in [0, 0.05) is 31.8 Å². The van der Waals surface area contributed by atoms with Crippen molar-refractivity contribution >= 4 is 23.3 Å². The van der Waals surface area contributed by atoms with Crippen LogP contribution >= 0.6 is 11.6 Å². The molecule has 28 heavy (non-hydrogen) atoms. The first kappa shape index (κ1) is 19.1. The first-order valence-electron chi connectivity index (χ1n) is 9.47. The second-order valence-electron chi connectivity index (χ2n) is 7.72. The van der Waals surface area contributed by atoms with Crippen molar-refractivity contribution in [1.82, 2.24) is 4.90 Å². The lowest BCUT2D eigenvalue weighted by molar-refractivity contribution is 0.0258. The summed E-state index contributed by atoms with van der Waals surface area (Å²) < 4.78 is 5.60. The number of nitrogens with two attached hydrogens (primary N) is 1. The van der Waals surface area contributed by atoms with Gasteiger partial charge >= 0.3 is 0 Å². The molecule has 5 nitrogen and oxygen atoms in total. The Morgan fingerprint density at radius 2 is 2.04 bits per heavy atom. The zero-order valence-corrected chi connectivity index (χ0v) is 17.2. The molecule has 0 amide bonds. The minimum Gasteiger partial charge on any atom is -0.342 e. The van der Waals surface area contributed by atoms with Crippen molar-refractivity contribution < 1.29 is 4.74 Å². The highest BCUT2D eigenvalue weighted by Crippen LogP contribution is 2.47. The van der Waals surface area contributed by atoms with Crippen molar-refractivity contribution in [3.8, 4) is 0 Å². The maximum atomic E-state index is 6.50. The largest absolute Gasteiger partial charge is 0.342 e. The van der Waals surface area contributed by atoms with Gasteiger partial charge < -0.3 is 15.4 Å². The zero-order chi connectivity index (χ0) is 19.9. The third kappa shape index (κ3) is 3.46. The van der Waals surface area contributed by atoms with Gasteiger partial charge in [-0.1, -0.05) is 42.8 Å². The van der Waals surface area contributed by atoms with Crippen LogP contribution in [0.15, 0.2) is 52.4 Å². The van der Waals surface area contributed by atoms with Crippen molar-refractivity contribution in [2.45, 2.75) is 38.1 Å². The summed E-state index contributed by atoms with van der Waals surface area (Å²) in [6.45, 7) is 2.74. The van der Waals surface area contributed by atoms with Crippen LogP contribution in [-0.2, 0) is 16.7 Å². The van der Waals surface area contributed by atoms with E-state index >= 15 is 0 Å². The lowest BCUT2D eigenvalue weighted by atomic mass is 9.96. The second-order valence-corrected chi connectivity index (χ2v) is 8.13. The number of amidine groups is 2. The maximum absolute atomic E-state index is 6.50. The Bertz CT molecular complexity index is 965. The molecule has 146 valence electrons. The van der Waals surface area contributed by atoms with E-state index in [4.69, 9.17) is 32.1 Å². The van der Waals surface area contributed by atoms with E-state index in [0.717, 1.165) is 22.5 Å². The van der Waals surface area contributed by atoms with Crippen molar-refractivity contribution in [1.29, 1.82) is 0 Å². The van der Waals surface area contributed by atoms with E-state index in [-0.39, 0.29) is 5.41 Å². The number of ether oxygens (including phenoxy) is 1. The van der Waals surface area contributed by atoms with Gasteiger partial charge in [0.1, 0.15) is 5.84 Å². The Kier molecular flexibility index (Phi) is 5.00. The molecule has 2 aliphatic rings. The first-order valence-corrected chi connectivity index (χ1v) is 9.85. The van der Waals surface area contributed by atoms with E-state index in [9.17, 15) is 0 Å². The molecule has 6 heteroatoms. The maximum Gasteiger partial charge on any atom is 0.230 e. The minimum absolute atomic E-state index is 0.286. The van der Waals surface area contributed by atoms with Gasteiger partial charge in [-0.2, -0.15) is 0 Å². The number of methoxy groups -OCH3 is 1. The quantitative estimate of drug-likeness (QED) is 0.833. The lowest BCUT2D eigenvalue weighted by Crippen LogP contribution is -2.41. The number of benzene rings is 2.